The molecule has 2 heterocycles. The Bertz CT molecular complexity index is 992. The number of phenolic OH excluding ortho intramolecular Hbond substituents is 1. The van der Waals surface area contributed by atoms with Gasteiger partial charge in [0, 0.05) is 5.56 Å². The molecule has 31 heavy (non-hydrogen) atoms. The molecule has 2 fully saturated rings. The second kappa shape index (κ2) is 8.91. The van der Waals surface area contributed by atoms with E-state index in [1.165, 1.54) is 21.9 Å². The molecule has 2 aliphatic rings. The lowest BCUT2D eigenvalue weighted by Crippen LogP contribution is -3.14. The molecule has 1 atom stereocenters. The molecule has 1 amide bonds. The number of amides is 1. The predicted octanol–water partition coefficient (Wildman–Crippen LogP) is 1.04. The number of Topliss-reactive ketones (excluding diaryl/α,β-unsaturated/α-hetero) is 1. The molecule has 7 heteroatoms. The van der Waals surface area contributed by atoms with Crippen LogP contribution < -0.4 is 4.90 Å². The van der Waals surface area contributed by atoms with Gasteiger partial charge in [-0.15, -0.1) is 0 Å². The number of carbonyl (C=O) groups excluding carboxylic acids is 2. The summed E-state index contributed by atoms with van der Waals surface area (Å²) >= 11 is 0. The van der Waals surface area contributed by atoms with E-state index in [2.05, 4.69) is 0 Å². The minimum Gasteiger partial charge on any atom is -0.508 e. The van der Waals surface area contributed by atoms with Crippen molar-refractivity contribution in [3.8, 4) is 5.75 Å². The van der Waals surface area contributed by atoms with Crippen LogP contribution >= 0.6 is 0 Å². The fourth-order valence-electron chi connectivity index (χ4n) is 4.17. The van der Waals surface area contributed by atoms with Gasteiger partial charge in [0.25, 0.3) is 11.7 Å². The van der Waals surface area contributed by atoms with Crippen LogP contribution in [0.5, 0.6) is 5.75 Å². The maximum absolute atomic E-state index is 13.0. The summed E-state index contributed by atoms with van der Waals surface area (Å²) < 4.78 is 5.40. The van der Waals surface area contributed by atoms with Gasteiger partial charge in [0.1, 0.15) is 24.6 Å². The number of rotatable bonds is 5. The normalized spacial score (nSPS) is 21.6. The second-order valence-electron chi connectivity index (χ2n) is 8.06. The highest BCUT2D eigenvalue weighted by molar-refractivity contribution is 6.46. The van der Waals surface area contributed by atoms with E-state index in [0.29, 0.717) is 37.4 Å². The van der Waals surface area contributed by atoms with Crippen molar-refractivity contribution in [1.29, 1.82) is 0 Å². The molecule has 0 aliphatic carbocycles. The fourth-order valence-corrected chi connectivity index (χ4v) is 4.17. The average Bonchev–Trinajstić information content (AvgIpc) is 3.04. The number of quaternary nitrogens is 1. The average molecular weight is 423 g/mol. The number of aliphatic hydroxyl groups is 1. The molecular weight excluding hydrogens is 396 g/mol. The molecule has 7 nitrogen and oxygen atoms in total. The van der Waals surface area contributed by atoms with Crippen LogP contribution in [0.1, 0.15) is 22.7 Å². The standard InChI is InChI=1S/C24H26N2O5/c1-16-2-4-18(5-3-16)22(28)20-21(17-6-8-19(27)9-7-17)26(24(30)23(20)29)11-10-25-12-14-31-15-13-25/h2-9,21,27-28H,10-15H2,1H3/p+1/t21-/m0/s1. The number of ether oxygens (including phenoxy) is 1. The third-order valence-electron chi connectivity index (χ3n) is 5.98. The SMILES string of the molecule is Cc1ccc(C(O)=C2C(=O)C(=O)N(CC[NH+]3CCOCC3)[C@H]2c2ccc(O)cc2)cc1. The molecule has 2 aromatic carbocycles. The molecule has 162 valence electrons. The number of likely N-dealkylation sites (tertiary alicyclic amines) is 1. The Labute approximate surface area is 181 Å². The summed E-state index contributed by atoms with van der Waals surface area (Å²) in [6, 6.07) is 12.9. The molecule has 2 aromatic rings. The maximum atomic E-state index is 13.0. The highest BCUT2D eigenvalue weighted by atomic mass is 16.5. The van der Waals surface area contributed by atoms with E-state index in [0.717, 1.165) is 18.7 Å². The van der Waals surface area contributed by atoms with E-state index in [4.69, 9.17) is 4.74 Å². The Kier molecular flexibility index (Phi) is 6.06. The summed E-state index contributed by atoms with van der Waals surface area (Å²) in [5.74, 6) is -1.39. The largest absolute Gasteiger partial charge is 0.508 e. The number of hydrogen-bond donors (Lipinski definition) is 3. The van der Waals surface area contributed by atoms with Crippen LogP contribution in [0.2, 0.25) is 0 Å². The number of aliphatic hydroxyl groups excluding tert-OH is 1. The van der Waals surface area contributed by atoms with Crippen molar-refractivity contribution >= 4 is 17.4 Å². The Morgan fingerprint density at radius 1 is 1.06 bits per heavy atom. The molecule has 0 bridgehead atoms. The quantitative estimate of drug-likeness (QED) is 0.380. The Hall–Kier alpha value is -3.16. The number of hydrogen-bond acceptors (Lipinski definition) is 5. The molecule has 2 saturated heterocycles. The summed E-state index contributed by atoms with van der Waals surface area (Å²) in [5, 5.41) is 20.7. The lowest BCUT2D eigenvalue weighted by Gasteiger charge is -2.29. The van der Waals surface area contributed by atoms with Crippen LogP contribution in [0.4, 0.5) is 0 Å². The first-order chi connectivity index (χ1) is 15.0. The zero-order valence-electron chi connectivity index (χ0n) is 17.5. The van der Waals surface area contributed by atoms with Gasteiger partial charge in [-0.25, -0.2) is 0 Å². The Morgan fingerprint density at radius 2 is 1.71 bits per heavy atom. The monoisotopic (exact) mass is 423 g/mol. The summed E-state index contributed by atoms with van der Waals surface area (Å²) in [6.07, 6.45) is 0. The molecule has 4 rings (SSSR count). The highest BCUT2D eigenvalue weighted by Crippen LogP contribution is 2.39. The Balaban J connectivity index is 1.72. The van der Waals surface area contributed by atoms with Gasteiger partial charge < -0.3 is 24.7 Å². The van der Waals surface area contributed by atoms with Gasteiger partial charge in [-0.2, -0.15) is 0 Å². The van der Waals surface area contributed by atoms with Crippen LogP contribution in [0, 0.1) is 6.92 Å². The van der Waals surface area contributed by atoms with Gasteiger partial charge in [0.05, 0.1) is 37.9 Å². The molecule has 0 aromatic heterocycles. The van der Waals surface area contributed by atoms with E-state index < -0.39 is 17.7 Å². The molecule has 2 aliphatic heterocycles. The zero-order chi connectivity index (χ0) is 22.0. The lowest BCUT2D eigenvalue weighted by molar-refractivity contribution is -0.907. The Morgan fingerprint density at radius 3 is 2.35 bits per heavy atom. The van der Waals surface area contributed by atoms with Crippen molar-refractivity contribution in [3.05, 3.63) is 70.8 Å². The minimum atomic E-state index is -0.706. The van der Waals surface area contributed by atoms with Crippen molar-refractivity contribution in [2.75, 3.05) is 39.4 Å². The predicted molar refractivity (Wildman–Crippen MR) is 115 cm³/mol. The van der Waals surface area contributed by atoms with E-state index >= 15 is 0 Å². The smallest absolute Gasteiger partial charge is 0.295 e. The first-order valence-corrected chi connectivity index (χ1v) is 10.5. The third-order valence-corrected chi connectivity index (χ3v) is 5.98. The number of carbonyl (C=O) groups is 2. The molecule has 0 saturated carbocycles. The number of morpholine rings is 1. The van der Waals surface area contributed by atoms with Gasteiger partial charge in [0.15, 0.2) is 0 Å². The van der Waals surface area contributed by atoms with E-state index in [-0.39, 0.29) is 17.1 Å². The van der Waals surface area contributed by atoms with Gasteiger partial charge >= 0.3 is 0 Å². The second-order valence-corrected chi connectivity index (χ2v) is 8.06. The van der Waals surface area contributed by atoms with Crippen molar-refractivity contribution in [2.24, 2.45) is 0 Å². The van der Waals surface area contributed by atoms with Crippen LogP contribution in [-0.4, -0.2) is 66.2 Å². The number of ketones is 1. The first-order valence-electron chi connectivity index (χ1n) is 10.5. The topological polar surface area (TPSA) is 91.5 Å². The number of benzene rings is 2. The fraction of sp³-hybridized carbons (Fsp3) is 0.333. The number of nitrogens with one attached hydrogen (secondary N) is 1. The van der Waals surface area contributed by atoms with Crippen LogP contribution in [0.25, 0.3) is 5.76 Å². The van der Waals surface area contributed by atoms with Gasteiger partial charge in [0.2, 0.25) is 0 Å². The molecule has 0 unspecified atom stereocenters. The number of aryl methyl sites for hydroxylation is 1. The van der Waals surface area contributed by atoms with Gasteiger partial charge in [-0.1, -0.05) is 42.0 Å². The van der Waals surface area contributed by atoms with Crippen molar-refractivity contribution in [3.63, 3.8) is 0 Å². The number of aromatic hydroxyl groups is 1. The van der Waals surface area contributed by atoms with Crippen molar-refractivity contribution in [1.82, 2.24) is 4.90 Å². The summed E-state index contributed by atoms with van der Waals surface area (Å²) in [4.78, 5) is 28.8. The van der Waals surface area contributed by atoms with Crippen molar-refractivity contribution in [2.45, 2.75) is 13.0 Å². The van der Waals surface area contributed by atoms with Gasteiger partial charge in [-0.05, 0) is 24.6 Å². The number of nitrogens with zero attached hydrogens (tertiary/aromatic N) is 1. The van der Waals surface area contributed by atoms with E-state index in [1.807, 2.05) is 19.1 Å². The highest BCUT2D eigenvalue weighted by Gasteiger charge is 2.46. The van der Waals surface area contributed by atoms with Gasteiger partial charge in [-0.3, -0.25) is 9.59 Å². The summed E-state index contributed by atoms with van der Waals surface area (Å²) in [6.45, 7) is 6.10. The van der Waals surface area contributed by atoms with Crippen LogP contribution in [0.15, 0.2) is 54.1 Å². The molecule has 0 spiro atoms. The van der Waals surface area contributed by atoms with Crippen molar-refractivity contribution < 1.29 is 29.4 Å². The molecule has 0 radical (unpaired) electrons. The molecular formula is C24H27N2O5+. The summed E-state index contributed by atoms with van der Waals surface area (Å²) in [5.41, 5.74) is 2.27. The molecule has 3 N–H and O–H groups in total. The lowest BCUT2D eigenvalue weighted by atomic mass is 9.95. The minimum absolute atomic E-state index is 0.0801. The van der Waals surface area contributed by atoms with E-state index in [1.54, 1.807) is 24.3 Å². The zero-order valence-corrected chi connectivity index (χ0v) is 17.5. The van der Waals surface area contributed by atoms with Crippen LogP contribution in [-0.2, 0) is 14.3 Å². The van der Waals surface area contributed by atoms with E-state index in [9.17, 15) is 19.8 Å². The summed E-state index contributed by atoms with van der Waals surface area (Å²) in [7, 11) is 0. The number of phenols is 1. The van der Waals surface area contributed by atoms with Crippen LogP contribution in [0.3, 0.4) is 0 Å². The maximum Gasteiger partial charge on any atom is 0.295 e. The third kappa shape index (κ3) is 4.33. The first kappa shape index (κ1) is 21.1.